The van der Waals surface area contributed by atoms with Crippen molar-refractivity contribution in [2.75, 3.05) is 19.8 Å². The number of hydrogen-bond acceptors (Lipinski definition) is 4. The molecule has 4 heteroatoms. The standard InChI is InChI=1S/C27H40N2O2/c1-3-5-6-7-8-9-13-21-31-26-22-28-27(29-23-26)25-17-15-24(16-18-25)14-11-10-12-20-30-19-4-2/h6-7,15-18,22-23H,3-5,8-14,19-21H2,1-2H3. The molecule has 0 N–H and O–H groups in total. The minimum Gasteiger partial charge on any atom is -0.490 e. The second-order valence-corrected chi connectivity index (χ2v) is 7.97. The lowest BCUT2D eigenvalue weighted by Gasteiger charge is -2.07. The highest BCUT2D eigenvalue weighted by Crippen LogP contribution is 2.18. The Balaban J connectivity index is 1.65. The molecule has 0 bridgehead atoms. The van der Waals surface area contributed by atoms with Gasteiger partial charge >= 0.3 is 0 Å². The number of allylic oxidation sites excluding steroid dienone is 2. The lowest BCUT2D eigenvalue weighted by molar-refractivity contribution is 0.130. The molecular formula is C27H40N2O2. The van der Waals surface area contributed by atoms with Gasteiger partial charge < -0.3 is 9.47 Å². The van der Waals surface area contributed by atoms with E-state index in [1.165, 1.54) is 31.2 Å². The molecule has 0 aliphatic carbocycles. The Bertz CT molecular complexity index is 711. The van der Waals surface area contributed by atoms with Crippen LogP contribution in [0.3, 0.4) is 0 Å². The fraction of sp³-hybridized carbons (Fsp3) is 0.556. The average molecular weight is 425 g/mol. The van der Waals surface area contributed by atoms with Gasteiger partial charge in [0.25, 0.3) is 0 Å². The number of benzene rings is 1. The fourth-order valence-corrected chi connectivity index (χ4v) is 3.27. The number of unbranched alkanes of at least 4 members (excludes halogenated alkanes) is 5. The van der Waals surface area contributed by atoms with Crippen LogP contribution in [0, 0.1) is 0 Å². The topological polar surface area (TPSA) is 44.2 Å². The maximum atomic E-state index is 5.77. The minimum absolute atomic E-state index is 0.712. The summed E-state index contributed by atoms with van der Waals surface area (Å²) in [6.07, 6.45) is 19.6. The average Bonchev–Trinajstić information content (AvgIpc) is 2.81. The number of aromatic nitrogens is 2. The molecule has 170 valence electrons. The van der Waals surface area contributed by atoms with E-state index in [4.69, 9.17) is 9.47 Å². The molecule has 0 saturated heterocycles. The monoisotopic (exact) mass is 424 g/mol. The molecule has 2 aromatic rings. The van der Waals surface area contributed by atoms with Gasteiger partial charge in [-0.25, -0.2) is 9.97 Å². The second-order valence-electron chi connectivity index (χ2n) is 7.97. The number of aryl methyl sites for hydroxylation is 1. The quantitative estimate of drug-likeness (QED) is 0.199. The number of nitrogens with zero attached hydrogens (tertiary/aromatic N) is 2. The molecule has 0 amide bonds. The summed E-state index contributed by atoms with van der Waals surface area (Å²) in [4.78, 5) is 8.95. The summed E-state index contributed by atoms with van der Waals surface area (Å²) >= 11 is 0. The van der Waals surface area contributed by atoms with E-state index in [-0.39, 0.29) is 0 Å². The van der Waals surface area contributed by atoms with E-state index in [1.807, 2.05) is 0 Å². The van der Waals surface area contributed by atoms with E-state index >= 15 is 0 Å². The van der Waals surface area contributed by atoms with E-state index in [2.05, 4.69) is 60.2 Å². The summed E-state index contributed by atoms with van der Waals surface area (Å²) < 4.78 is 11.3. The van der Waals surface area contributed by atoms with Crippen molar-refractivity contribution in [1.29, 1.82) is 0 Å². The van der Waals surface area contributed by atoms with Gasteiger partial charge in [0.2, 0.25) is 0 Å². The Hall–Kier alpha value is -2.20. The third kappa shape index (κ3) is 11.1. The zero-order valence-corrected chi connectivity index (χ0v) is 19.5. The SMILES string of the molecule is CCCC=CCCCCOc1cnc(-c2ccc(CCCCCOCCC)cc2)nc1. The molecule has 4 nitrogen and oxygen atoms in total. The van der Waals surface area contributed by atoms with Crippen molar-refractivity contribution in [1.82, 2.24) is 9.97 Å². The Morgan fingerprint density at radius 2 is 1.48 bits per heavy atom. The third-order valence-electron chi connectivity index (χ3n) is 5.10. The molecule has 1 heterocycles. The summed E-state index contributed by atoms with van der Waals surface area (Å²) in [6, 6.07) is 8.60. The maximum absolute atomic E-state index is 5.77. The summed E-state index contributed by atoms with van der Waals surface area (Å²) in [6.45, 7) is 6.83. The summed E-state index contributed by atoms with van der Waals surface area (Å²) in [5.41, 5.74) is 2.41. The van der Waals surface area contributed by atoms with Crippen molar-refractivity contribution in [3.8, 4) is 17.1 Å². The molecule has 31 heavy (non-hydrogen) atoms. The van der Waals surface area contributed by atoms with Gasteiger partial charge in [0.05, 0.1) is 19.0 Å². The van der Waals surface area contributed by atoms with Crippen LogP contribution in [0.15, 0.2) is 48.8 Å². The predicted octanol–water partition coefficient (Wildman–Crippen LogP) is 7.19. The van der Waals surface area contributed by atoms with Gasteiger partial charge in [0.1, 0.15) is 0 Å². The first-order valence-corrected chi connectivity index (χ1v) is 12.1. The van der Waals surface area contributed by atoms with E-state index < -0.39 is 0 Å². The summed E-state index contributed by atoms with van der Waals surface area (Å²) in [7, 11) is 0. The molecule has 0 aliphatic rings. The largest absolute Gasteiger partial charge is 0.490 e. The smallest absolute Gasteiger partial charge is 0.159 e. The van der Waals surface area contributed by atoms with Crippen molar-refractivity contribution < 1.29 is 9.47 Å². The van der Waals surface area contributed by atoms with Crippen LogP contribution in [0.5, 0.6) is 5.75 Å². The molecule has 0 fully saturated rings. The molecule has 0 spiro atoms. The first-order valence-electron chi connectivity index (χ1n) is 12.1. The minimum atomic E-state index is 0.712. The molecule has 0 radical (unpaired) electrons. The zero-order chi connectivity index (χ0) is 22.0. The van der Waals surface area contributed by atoms with Gasteiger partial charge in [0, 0.05) is 18.8 Å². The van der Waals surface area contributed by atoms with Crippen LogP contribution >= 0.6 is 0 Å². The molecule has 0 aliphatic heterocycles. The van der Waals surface area contributed by atoms with Gasteiger partial charge in [-0.05, 0) is 56.9 Å². The first-order chi connectivity index (χ1) is 15.3. The van der Waals surface area contributed by atoms with Gasteiger partial charge in [-0.1, -0.05) is 63.1 Å². The Labute approximate surface area is 189 Å². The van der Waals surface area contributed by atoms with E-state index in [1.54, 1.807) is 12.4 Å². The van der Waals surface area contributed by atoms with E-state index in [9.17, 15) is 0 Å². The van der Waals surface area contributed by atoms with Crippen LogP contribution in [0.1, 0.15) is 77.2 Å². The second kappa shape index (κ2) is 16.5. The fourth-order valence-electron chi connectivity index (χ4n) is 3.27. The zero-order valence-electron chi connectivity index (χ0n) is 19.5. The van der Waals surface area contributed by atoms with Gasteiger partial charge in [-0.2, -0.15) is 0 Å². The third-order valence-corrected chi connectivity index (χ3v) is 5.10. The molecule has 2 rings (SSSR count). The van der Waals surface area contributed by atoms with E-state index in [0.29, 0.717) is 6.61 Å². The predicted molar refractivity (Wildman–Crippen MR) is 130 cm³/mol. The molecule has 1 aromatic heterocycles. The van der Waals surface area contributed by atoms with Crippen LogP contribution in [0.2, 0.25) is 0 Å². The lowest BCUT2D eigenvalue weighted by atomic mass is 10.0. The van der Waals surface area contributed by atoms with Crippen molar-refractivity contribution in [3.05, 3.63) is 54.4 Å². The molecule has 1 aromatic carbocycles. The van der Waals surface area contributed by atoms with Gasteiger partial charge in [0.15, 0.2) is 11.6 Å². The van der Waals surface area contributed by atoms with Crippen LogP contribution < -0.4 is 4.74 Å². The van der Waals surface area contributed by atoms with Crippen molar-refractivity contribution in [2.45, 2.75) is 78.1 Å². The van der Waals surface area contributed by atoms with Crippen molar-refractivity contribution in [2.24, 2.45) is 0 Å². The van der Waals surface area contributed by atoms with Gasteiger partial charge in [-0.15, -0.1) is 0 Å². The van der Waals surface area contributed by atoms with Crippen LogP contribution in [0.4, 0.5) is 0 Å². The lowest BCUT2D eigenvalue weighted by Crippen LogP contribution is -1.99. The molecule has 0 saturated carbocycles. The highest BCUT2D eigenvalue weighted by atomic mass is 16.5. The summed E-state index contributed by atoms with van der Waals surface area (Å²) in [5.74, 6) is 1.48. The number of hydrogen-bond donors (Lipinski definition) is 0. The van der Waals surface area contributed by atoms with Crippen LogP contribution in [-0.2, 0) is 11.2 Å². The summed E-state index contributed by atoms with van der Waals surface area (Å²) in [5, 5.41) is 0. The maximum Gasteiger partial charge on any atom is 0.159 e. The Kier molecular flexibility index (Phi) is 13.3. The molecule has 0 unspecified atom stereocenters. The molecular weight excluding hydrogens is 384 g/mol. The van der Waals surface area contributed by atoms with E-state index in [0.717, 1.165) is 68.9 Å². The van der Waals surface area contributed by atoms with Crippen LogP contribution in [0.25, 0.3) is 11.4 Å². The normalized spacial score (nSPS) is 11.3. The Morgan fingerprint density at radius 3 is 2.23 bits per heavy atom. The number of rotatable bonds is 17. The van der Waals surface area contributed by atoms with Crippen molar-refractivity contribution >= 4 is 0 Å². The Morgan fingerprint density at radius 1 is 0.742 bits per heavy atom. The first kappa shape index (κ1) is 25.1. The van der Waals surface area contributed by atoms with Gasteiger partial charge in [-0.3, -0.25) is 0 Å². The van der Waals surface area contributed by atoms with Crippen molar-refractivity contribution in [3.63, 3.8) is 0 Å². The number of ether oxygens (including phenoxy) is 2. The highest BCUT2D eigenvalue weighted by Gasteiger charge is 2.03. The van der Waals surface area contributed by atoms with Crippen LogP contribution in [-0.4, -0.2) is 29.8 Å². The highest BCUT2D eigenvalue weighted by molar-refractivity contribution is 5.55. The molecule has 0 atom stereocenters.